The van der Waals surface area contributed by atoms with Crippen molar-refractivity contribution in [3.05, 3.63) is 41.6 Å². The second kappa shape index (κ2) is 7.58. The molecule has 0 radical (unpaired) electrons. The van der Waals surface area contributed by atoms with Gasteiger partial charge in [0.1, 0.15) is 5.75 Å². The highest BCUT2D eigenvalue weighted by molar-refractivity contribution is 5.74. The van der Waals surface area contributed by atoms with Crippen molar-refractivity contribution in [3.8, 4) is 5.75 Å². The number of amides is 2. The zero-order valence-corrected chi connectivity index (χ0v) is 11.9. The number of ether oxygens (including phenoxy) is 1. The molecular weight excluding hydrogens is 252 g/mol. The van der Waals surface area contributed by atoms with Crippen LogP contribution in [-0.4, -0.2) is 19.7 Å². The lowest BCUT2D eigenvalue weighted by molar-refractivity contribution is 0.244. The SMILES string of the molecule is COc1cccc(CCNC(=O)NC=C2CCCC2)c1. The zero-order valence-electron chi connectivity index (χ0n) is 11.9. The Kier molecular flexibility index (Phi) is 5.47. The van der Waals surface area contributed by atoms with Gasteiger partial charge < -0.3 is 15.4 Å². The highest BCUT2D eigenvalue weighted by Crippen LogP contribution is 2.22. The number of methoxy groups -OCH3 is 1. The summed E-state index contributed by atoms with van der Waals surface area (Å²) in [6, 6.07) is 7.76. The molecule has 1 fully saturated rings. The van der Waals surface area contributed by atoms with Crippen LogP contribution in [0, 0.1) is 0 Å². The Bertz CT molecular complexity index is 475. The number of carbonyl (C=O) groups excluding carboxylic acids is 1. The Morgan fingerprint density at radius 2 is 2.15 bits per heavy atom. The van der Waals surface area contributed by atoms with E-state index in [1.165, 1.54) is 18.4 Å². The van der Waals surface area contributed by atoms with E-state index in [0.717, 1.165) is 30.6 Å². The predicted octanol–water partition coefficient (Wildman–Crippen LogP) is 2.99. The molecular formula is C16H22N2O2. The van der Waals surface area contributed by atoms with E-state index in [9.17, 15) is 4.79 Å². The first-order valence-corrected chi connectivity index (χ1v) is 7.13. The third-order valence-corrected chi connectivity index (χ3v) is 3.49. The van der Waals surface area contributed by atoms with Crippen molar-refractivity contribution in [1.82, 2.24) is 10.6 Å². The highest BCUT2D eigenvalue weighted by Gasteiger charge is 2.06. The average Bonchev–Trinajstić information content (AvgIpc) is 2.99. The number of hydrogen-bond acceptors (Lipinski definition) is 2. The Morgan fingerprint density at radius 1 is 1.35 bits per heavy atom. The Labute approximate surface area is 120 Å². The summed E-state index contributed by atoms with van der Waals surface area (Å²) >= 11 is 0. The zero-order chi connectivity index (χ0) is 14.2. The van der Waals surface area contributed by atoms with Crippen molar-refractivity contribution >= 4 is 6.03 Å². The monoisotopic (exact) mass is 274 g/mol. The second-order valence-electron chi connectivity index (χ2n) is 5.01. The maximum absolute atomic E-state index is 11.6. The Hall–Kier alpha value is -1.97. The predicted molar refractivity (Wildman–Crippen MR) is 79.8 cm³/mol. The Balaban J connectivity index is 1.69. The largest absolute Gasteiger partial charge is 0.497 e. The van der Waals surface area contributed by atoms with Gasteiger partial charge in [0.15, 0.2) is 0 Å². The number of rotatable bonds is 5. The fourth-order valence-electron chi connectivity index (χ4n) is 2.34. The number of urea groups is 1. The summed E-state index contributed by atoms with van der Waals surface area (Å²) in [6.07, 6.45) is 7.36. The molecule has 0 heterocycles. The molecule has 4 nitrogen and oxygen atoms in total. The van der Waals surface area contributed by atoms with Crippen LogP contribution in [-0.2, 0) is 6.42 Å². The van der Waals surface area contributed by atoms with E-state index in [4.69, 9.17) is 4.74 Å². The molecule has 0 spiro atoms. The van der Waals surface area contributed by atoms with E-state index >= 15 is 0 Å². The molecule has 0 bridgehead atoms. The molecule has 108 valence electrons. The van der Waals surface area contributed by atoms with Crippen LogP contribution < -0.4 is 15.4 Å². The van der Waals surface area contributed by atoms with E-state index in [0.29, 0.717) is 6.54 Å². The summed E-state index contributed by atoms with van der Waals surface area (Å²) in [4.78, 5) is 11.6. The number of hydrogen-bond donors (Lipinski definition) is 2. The molecule has 0 aliphatic heterocycles. The van der Waals surface area contributed by atoms with E-state index in [1.807, 2.05) is 30.5 Å². The van der Waals surface area contributed by atoms with E-state index in [1.54, 1.807) is 7.11 Å². The van der Waals surface area contributed by atoms with Gasteiger partial charge in [-0.1, -0.05) is 17.7 Å². The topological polar surface area (TPSA) is 50.4 Å². The van der Waals surface area contributed by atoms with E-state index in [-0.39, 0.29) is 6.03 Å². The minimum Gasteiger partial charge on any atom is -0.497 e. The van der Waals surface area contributed by atoms with Gasteiger partial charge in [0.25, 0.3) is 0 Å². The molecule has 2 amide bonds. The van der Waals surface area contributed by atoms with Gasteiger partial charge in [0.2, 0.25) is 0 Å². The van der Waals surface area contributed by atoms with Gasteiger partial charge in [0.05, 0.1) is 7.11 Å². The van der Waals surface area contributed by atoms with Crippen LogP contribution in [0.4, 0.5) is 4.79 Å². The highest BCUT2D eigenvalue weighted by atomic mass is 16.5. The van der Waals surface area contributed by atoms with Gasteiger partial charge in [-0.05, 0) is 49.8 Å². The normalized spacial score (nSPS) is 13.9. The van der Waals surface area contributed by atoms with E-state index < -0.39 is 0 Å². The third kappa shape index (κ3) is 4.61. The molecule has 0 unspecified atom stereocenters. The first-order chi connectivity index (χ1) is 9.78. The van der Waals surface area contributed by atoms with Crippen LogP contribution in [0.5, 0.6) is 5.75 Å². The van der Waals surface area contributed by atoms with Gasteiger partial charge >= 0.3 is 6.03 Å². The van der Waals surface area contributed by atoms with Gasteiger partial charge in [-0.3, -0.25) is 0 Å². The van der Waals surface area contributed by atoms with Crippen LogP contribution in [0.2, 0.25) is 0 Å². The van der Waals surface area contributed by atoms with Gasteiger partial charge in [-0.15, -0.1) is 0 Å². The third-order valence-electron chi connectivity index (χ3n) is 3.49. The maximum Gasteiger partial charge on any atom is 0.318 e. The molecule has 0 atom stereocenters. The summed E-state index contributed by atoms with van der Waals surface area (Å²) in [5.74, 6) is 0.845. The number of benzene rings is 1. The van der Waals surface area contributed by atoms with Crippen LogP contribution in [0.1, 0.15) is 31.2 Å². The average molecular weight is 274 g/mol. The van der Waals surface area contributed by atoms with Gasteiger partial charge in [-0.25, -0.2) is 4.79 Å². The Morgan fingerprint density at radius 3 is 2.90 bits per heavy atom. The maximum atomic E-state index is 11.6. The standard InChI is InChI=1S/C16H22N2O2/c1-20-15-8-4-7-13(11-15)9-10-17-16(19)18-12-14-5-2-3-6-14/h4,7-8,11-12H,2-3,5-6,9-10H2,1H3,(H2,17,18,19). The molecule has 4 heteroatoms. The fourth-order valence-corrected chi connectivity index (χ4v) is 2.34. The first kappa shape index (κ1) is 14.4. The van der Waals surface area contributed by atoms with Crippen LogP contribution in [0.25, 0.3) is 0 Å². The molecule has 1 aliphatic carbocycles. The first-order valence-electron chi connectivity index (χ1n) is 7.13. The summed E-state index contributed by atoms with van der Waals surface area (Å²) in [5, 5.41) is 5.65. The number of carbonyl (C=O) groups is 1. The van der Waals surface area contributed by atoms with Crippen LogP contribution in [0.3, 0.4) is 0 Å². The number of allylic oxidation sites excluding steroid dienone is 1. The summed E-state index contributed by atoms with van der Waals surface area (Å²) in [6.45, 7) is 0.613. The molecule has 1 aromatic carbocycles. The fraction of sp³-hybridized carbons (Fsp3) is 0.438. The summed E-state index contributed by atoms with van der Waals surface area (Å²) in [7, 11) is 1.65. The molecule has 1 aliphatic rings. The van der Waals surface area contributed by atoms with Crippen molar-refractivity contribution < 1.29 is 9.53 Å². The van der Waals surface area contributed by atoms with Crippen molar-refractivity contribution in [2.24, 2.45) is 0 Å². The molecule has 1 saturated carbocycles. The number of nitrogens with one attached hydrogen (secondary N) is 2. The van der Waals surface area contributed by atoms with E-state index in [2.05, 4.69) is 10.6 Å². The summed E-state index contributed by atoms with van der Waals surface area (Å²) < 4.78 is 5.17. The minimum atomic E-state index is -0.132. The minimum absolute atomic E-state index is 0.132. The van der Waals surface area contributed by atoms with Gasteiger partial charge in [-0.2, -0.15) is 0 Å². The van der Waals surface area contributed by atoms with Crippen LogP contribution >= 0.6 is 0 Å². The quantitative estimate of drug-likeness (QED) is 0.867. The summed E-state index contributed by atoms with van der Waals surface area (Å²) in [5.41, 5.74) is 2.49. The van der Waals surface area contributed by atoms with Crippen LogP contribution in [0.15, 0.2) is 36.0 Å². The van der Waals surface area contributed by atoms with Crippen molar-refractivity contribution in [3.63, 3.8) is 0 Å². The van der Waals surface area contributed by atoms with Gasteiger partial charge in [0, 0.05) is 12.7 Å². The lowest BCUT2D eigenvalue weighted by Crippen LogP contribution is -2.33. The van der Waals surface area contributed by atoms with Crippen molar-refractivity contribution in [2.75, 3.05) is 13.7 Å². The lowest BCUT2D eigenvalue weighted by atomic mass is 10.1. The molecule has 0 saturated heterocycles. The lowest BCUT2D eigenvalue weighted by Gasteiger charge is -2.07. The van der Waals surface area contributed by atoms with Crippen molar-refractivity contribution in [2.45, 2.75) is 32.1 Å². The molecule has 20 heavy (non-hydrogen) atoms. The molecule has 0 aromatic heterocycles. The van der Waals surface area contributed by atoms with Crippen molar-refractivity contribution in [1.29, 1.82) is 0 Å². The molecule has 1 aromatic rings. The molecule has 2 N–H and O–H groups in total. The molecule has 2 rings (SSSR count). The second-order valence-corrected chi connectivity index (χ2v) is 5.01. The smallest absolute Gasteiger partial charge is 0.318 e.